The van der Waals surface area contributed by atoms with Gasteiger partial charge in [0.15, 0.2) is 0 Å². The molecule has 0 bridgehead atoms. The molecule has 0 N–H and O–H groups in total. The van der Waals surface area contributed by atoms with Crippen LogP contribution >= 0.6 is 0 Å². The van der Waals surface area contributed by atoms with E-state index in [1.165, 1.54) is 0 Å². The Morgan fingerprint density at radius 1 is 1.27 bits per heavy atom. The number of hydrogen-bond donors (Lipinski definition) is 0. The van der Waals surface area contributed by atoms with Crippen molar-refractivity contribution in [1.29, 1.82) is 0 Å². The van der Waals surface area contributed by atoms with Crippen LogP contribution < -0.4 is 0 Å². The molecule has 1 aromatic rings. The third kappa shape index (κ3) is 2.80. The van der Waals surface area contributed by atoms with Crippen LogP contribution in [0.1, 0.15) is 25.3 Å². The number of ether oxygens (including phenoxy) is 2. The molecule has 1 aliphatic carbocycles. The number of carbonyl (C=O) groups excluding carboxylic acids is 2. The molecule has 118 valence electrons. The molecule has 2 atom stereocenters. The van der Waals surface area contributed by atoms with Gasteiger partial charge >= 0.3 is 12.1 Å². The third-order valence-corrected chi connectivity index (χ3v) is 4.65. The lowest BCUT2D eigenvalue weighted by Gasteiger charge is -2.29. The van der Waals surface area contributed by atoms with Gasteiger partial charge in [0, 0.05) is 13.1 Å². The Kier molecular flexibility index (Phi) is 4.05. The fourth-order valence-electron chi connectivity index (χ4n) is 3.22. The number of benzene rings is 1. The number of likely N-dealkylation sites (tertiary alicyclic amines) is 1. The average molecular weight is 303 g/mol. The van der Waals surface area contributed by atoms with E-state index in [1.54, 1.807) is 4.90 Å². The molecule has 1 heterocycles. The Morgan fingerprint density at radius 3 is 2.73 bits per heavy atom. The van der Waals surface area contributed by atoms with Crippen LogP contribution in [-0.4, -0.2) is 36.7 Å². The maximum Gasteiger partial charge on any atom is 0.410 e. The fraction of sp³-hybridized carbons (Fsp3) is 0.529. The van der Waals surface area contributed by atoms with Gasteiger partial charge in [0.05, 0.1) is 12.0 Å². The maximum atomic E-state index is 12.1. The fourth-order valence-corrected chi connectivity index (χ4v) is 3.22. The molecule has 0 aromatic heterocycles. The van der Waals surface area contributed by atoms with Crippen LogP contribution in [0.15, 0.2) is 30.3 Å². The van der Waals surface area contributed by atoms with Gasteiger partial charge in [-0.2, -0.15) is 0 Å². The molecule has 1 saturated heterocycles. The summed E-state index contributed by atoms with van der Waals surface area (Å²) in [5.41, 5.74) is 0.645. The Balaban J connectivity index is 1.50. The van der Waals surface area contributed by atoms with E-state index in [9.17, 15) is 9.59 Å². The molecule has 0 radical (unpaired) electrons. The smallest absolute Gasteiger partial charge is 0.410 e. The van der Waals surface area contributed by atoms with Crippen LogP contribution in [-0.2, 0) is 20.9 Å². The highest BCUT2D eigenvalue weighted by molar-refractivity contribution is 5.81. The first-order valence-corrected chi connectivity index (χ1v) is 7.78. The highest BCUT2D eigenvalue weighted by Crippen LogP contribution is 2.58. The predicted molar refractivity (Wildman–Crippen MR) is 80.0 cm³/mol. The number of fused-ring (bicyclic) bond motifs is 1. The van der Waals surface area contributed by atoms with Crippen molar-refractivity contribution < 1.29 is 19.1 Å². The van der Waals surface area contributed by atoms with Crippen molar-refractivity contribution in [3.8, 4) is 0 Å². The van der Waals surface area contributed by atoms with Gasteiger partial charge in [-0.25, -0.2) is 4.79 Å². The summed E-state index contributed by atoms with van der Waals surface area (Å²) in [7, 11) is 0. The Morgan fingerprint density at radius 2 is 2.05 bits per heavy atom. The van der Waals surface area contributed by atoms with E-state index in [0.29, 0.717) is 26.1 Å². The summed E-state index contributed by atoms with van der Waals surface area (Å²) in [5.74, 6) is 0.127. The van der Waals surface area contributed by atoms with E-state index in [4.69, 9.17) is 9.47 Å². The van der Waals surface area contributed by atoms with E-state index < -0.39 is 0 Å². The molecule has 0 spiro atoms. The van der Waals surface area contributed by atoms with Gasteiger partial charge in [0.25, 0.3) is 0 Å². The molecule has 2 fully saturated rings. The quantitative estimate of drug-likeness (QED) is 0.802. The van der Waals surface area contributed by atoms with Crippen LogP contribution in [0, 0.1) is 11.3 Å². The van der Waals surface area contributed by atoms with Crippen molar-refractivity contribution in [3.63, 3.8) is 0 Å². The molecule has 1 amide bonds. The van der Waals surface area contributed by atoms with Gasteiger partial charge in [0.2, 0.25) is 0 Å². The molecule has 5 heteroatoms. The summed E-state index contributed by atoms with van der Waals surface area (Å²) < 4.78 is 10.5. The first-order valence-electron chi connectivity index (χ1n) is 7.78. The van der Waals surface area contributed by atoms with Crippen LogP contribution in [0.3, 0.4) is 0 Å². The number of amides is 1. The molecule has 1 aromatic carbocycles. The van der Waals surface area contributed by atoms with Crippen molar-refractivity contribution in [2.45, 2.75) is 26.4 Å². The lowest BCUT2D eigenvalue weighted by molar-refractivity contribution is -0.151. The Hall–Kier alpha value is -2.04. The van der Waals surface area contributed by atoms with Crippen LogP contribution in [0.2, 0.25) is 0 Å². The zero-order chi connectivity index (χ0) is 15.6. The van der Waals surface area contributed by atoms with Crippen molar-refractivity contribution in [2.24, 2.45) is 11.3 Å². The van der Waals surface area contributed by atoms with E-state index in [2.05, 4.69) is 0 Å². The predicted octanol–water partition coefficient (Wildman–Crippen LogP) is 2.60. The van der Waals surface area contributed by atoms with Crippen LogP contribution in [0.4, 0.5) is 4.79 Å². The monoisotopic (exact) mass is 303 g/mol. The topological polar surface area (TPSA) is 55.8 Å². The number of rotatable bonds is 4. The summed E-state index contributed by atoms with van der Waals surface area (Å²) in [5, 5.41) is 0. The van der Waals surface area contributed by atoms with E-state index in [1.807, 2.05) is 37.3 Å². The minimum atomic E-state index is -0.327. The zero-order valence-electron chi connectivity index (χ0n) is 12.8. The highest BCUT2D eigenvalue weighted by Gasteiger charge is 2.63. The summed E-state index contributed by atoms with van der Waals surface area (Å²) in [6, 6.07) is 9.62. The molecule has 22 heavy (non-hydrogen) atoms. The van der Waals surface area contributed by atoms with Crippen LogP contribution in [0.25, 0.3) is 0 Å². The number of carbonyl (C=O) groups is 2. The number of esters is 1. The van der Waals surface area contributed by atoms with Gasteiger partial charge in [-0.3, -0.25) is 4.79 Å². The molecular weight excluding hydrogens is 282 g/mol. The van der Waals surface area contributed by atoms with Crippen molar-refractivity contribution in [3.05, 3.63) is 35.9 Å². The van der Waals surface area contributed by atoms with E-state index in [0.717, 1.165) is 12.0 Å². The summed E-state index contributed by atoms with van der Waals surface area (Å²) >= 11 is 0. The summed E-state index contributed by atoms with van der Waals surface area (Å²) in [6.45, 7) is 3.66. The number of nitrogens with zero attached hydrogens (tertiary/aromatic N) is 1. The maximum absolute atomic E-state index is 12.1. The van der Waals surface area contributed by atoms with Crippen molar-refractivity contribution in [2.75, 3.05) is 19.7 Å². The standard InChI is InChI=1S/C17H21NO4/c1-2-21-15(19)17-8-9-18(11-14(17)10-17)16(20)22-12-13-6-4-3-5-7-13/h3-7,14H,2,8-12H2,1H3. The van der Waals surface area contributed by atoms with Crippen molar-refractivity contribution >= 4 is 12.1 Å². The highest BCUT2D eigenvalue weighted by atomic mass is 16.6. The first-order chi connectivity index (χ1) is 10.7. The Labute approximate surface area is 130 Å². The molecular formula is C17H21NO4. The Bertz CT molecular complexity index is 559. The summed E-state index contributed by atoms with van der Waals surface area (Å²) in [6.07, 6.45) is 1.21. The van der Waals surface area contributed by atoms with Gasteiger partial charge in [-0.15, -0.1) is 0 Å². The molecule has 2 aliphatic rings. The minimum absolute atomic E-state index is 0.0997. The lowest BCUT2D eigenvalue weighted by Crippen LogP contribution is -2.42. The SMILES string of the molecule is CCOC(=O)C12CCN(C(=O)OCc3ccccc3)CC1C2. The van der Waals surface area contributed by atoms with Crippen molar-refractivity contribution in [1.82, 2.24) is 4.90 Å². The van der Waals surface area contributed by atoms with Gasteiger partial charge in [-0.05, 0) is 31.2 Å². The second-order valence-electron chi connectivity index (χ2n) is 6.01. The molecule has 1 aliphatic heterocycles. The summed E-state index contributed by atoms with van der Waals surface area (Å²) in [4.78, 5) is 25.8. The third-order valence-electron chi connectivity index (χ3n) is 4.65. The normalized spacial score (nSPS) is 26.0. The second kappa shape index (κ2) is 5.99. The largest absolute Gasteiger partial charge is 0.466 e. The molecule has 1 saturated carbocycles. The number of hydrogen-bond acceptors (Lipinski definition) is 4. The zero-order valence-corrected chi connectivity index (χ0v) is 12.8. The van der Waals surface area contributed by atoms with E-state index in [-0.39, 0.29) is 30.0 Å². The van der Waals surface area contributed by atoms with Crippen LogP contribution in [0.5, 0.6) is 0 Å². The molecule has 5 nitrogen and oxygen atoms in total. The first kappa shape index (κ1) is 14.9. The molecule has 3 rings (SSSR count). The second-order valence-corrected chi connectivity index (χ2v) is 6.01. The molecule has 2 unspecified atom stereocenters. The van der Waals surface area contributed by atoms with Gasteiger partial charge in [-0.1, -0.05) is 30.3 Å². The van der Waals surface area contributed by atoms with Gasteiger partial charge < -0.3 is 14.4 Å². The number of piperidine rings is 1. The van der Waals surface area contributed by atoms with E-state index >= 15 is 0 Å². The average Bonchev–Trinajstić information content (AvgIpc) is 3.29. The van der Waals surface area contributed by atoms with Gasteiger partial charge in [0.1, 0.15) is 6.61 Å². The lowest BCUT2D eigenvalue weighted by atomic mass is 9.95. The minimum Gasteiger partial charge on any atom is -0.466 e.